The molecule has 0 heterocycles. The number of thioether (sulfide) groups is 1. The molecule has 0 unspecified atom stereocenters. The fourth-order valence-corrected chi connectivity index (χ4v) is 1.14. The van der Waals surface area contributed by atoms with Crippen LogP contribution in [-0.4, -0.2) is 35.2 Å². The summed E-state index contributed by atoms with van der Waals surface area (Å²) in [5, 5.41) is 10.7. The van der Waals surface area contributed by atoms with Gasteiger partial charge in [-0.2, -0.15) is 11.8 Å². The van der Waals surface area contributed by atoms with Gasteiger partial charge in [0.25, 0.3) is 0 Å². The molecular weight excluding hydrogens is 181 g/mol. The van der Waals surface area contributed by atoms with Gasteiger partial charge in [-0.15, -0.1) is 0 Å². The molecule has 0 aliphatic carbocycles. The lowest BCUT2D eigenvalue weighted by atomic mass is 10.2. The molecular formula is C6H12N2O3S. The number of carbonyl (C=O) groups is 2. The number of urea groups is 1. The summed E-state index contributed by atoms with van der Waals surface area (Å²) in [6.45, 7) is 0. The van der Waals surface area contributed by atoms with Gasteiger partial charge in [-0.1, -0.05) is 0 Å². The predicted molar refractivity (Wildman–Crippen MR) is 47.1 cm³/mol. The van der Waals surface area contributed by atoms with Crippen LogP contribution >= 0.6 is 11.8 Å². The summed E-state index contributed by atoms with van der Waals surface area (Å²) in [5.74, 6) is -0.375. The van der Waals surface area contributed by atoms with E-state index in [9.17, 15) is 9.59 Å². The van der Waals surface area contributed by atoms with Crippen LogP contribution in [0, 0.1) is 0 Å². The van der Waals surface area contributed by atoms with Crippen molar-refractivity contribution in [3.8, 4) is 0 Å². The maximum Gasteiger partial charge on any atom is 0.326 e. The predicted octanol–water partition coefficient (Wildman–Crippen LogP) is -0.139. The Morgan fingerprint density at radius 1 is 1.67 bits per heavy atom. The van der Waals surface area contributed by atoms with Crippen molar-refractivity contribution in [2.75, 3.05) is 12.0 Å². The molecule has 12 heavy (non-hydrogen) atoms. The number of nitrogens with one attached hydrogen (secondary N) is 1. The number of nitrogens with two attached hydrogens (primary N) is 1. The Labute approximate surface area is 74.7 Å². The summed E-state index contributed by atoms with van der Waals surface area (Å²) in [7, 11) is 0. The average Bonchev–Trinajstić information content (AvgIpc) is 1.96. The van der Waals surface area contributed by atoms with Crippen molar-refractivity contribution in [2.24, 2.45) is 5.73 Å². The summed E-state index contributed by atoms with van der Waals surface area (Å²) in [5.41, 5.74) is 4.78. The molecule has 0 aliphatic heterocycles. The first-order chi connectivity index (χ1) is 5.57. The molecule has 0 spiro atoms. The highest BCUT2D eigenvalue weighted by atomic mass is 32.2. The number of amides is 2. The van der Waals surface area contributed by atoms with Crippen LogP contribution in [0.2, 0.25) is 0 Å². The zero-order valence-electron chi connectivity index (χ0n) is 6.74. The van der Waals surface area contributed by atoms with Gasteiger partial charge in [0.05, 0.1) is 0 Å². The molecule has 0 aromatic rings. The summed E-state index contributed by atoms with van der Waals surface area (Å²) < 4.78 is 0. The summed E-state index contributed by atoms with van der Waals surface area (Å²) >= 11 is 1.52. The van der Waals surface area contributed by atoms with E-state index in [-0.39, 0.29) is 0 Å². The fraction of sp³-hybridized carbons (Fsp3) is 0.667. The molecule has 0 radical (unpaired) electrons. The molecule has 0 saturated carbocycles. The fourth-order valence-electron chi connectivity index (χ4n) is 0.665. The molecule has 0 aliphatic rings. The van der Waals surface area contributed by atoms with Gasteiger partial charge in [0, 0.05) is 0 Å². The average molecular weight is 193 g/mol. The second-order valence-corrected chi connectivity index (χ2v) is 3.17. The minimum Gasteiger partial charge on any atom is -0.480 e. The van der Waals surface area contributed by atoms with Crippen molar-refractivity contribution in [2.45, 2.75) is 12.5 Å². The maximum atomic E-state index is 10.5. The van der Waals surface area contributed by atoms with Gasteiger partial charge >= 0.3 is 12.0 Å². The SMILES string of the molecule is CSCC[C@H](N[13C](N)=O)C(=O)O. The van der Waals surface area contributed by atoms with Crippen molar-refractivity contribution >= 4 is 23.8 Å². The molecule has 0 aromatic carbocycles. The molecule has 0 saturated heterocycles. The van der Waals surface area contributed by atoms with Crippen LogP contribution in [0.25, 0.3) is 0 Å². The second-order valence-electron chi connectivity index (χ2n) is 2.18. The first kappa shape index (κ1) is 11.1. The van der Waals surface area contributed by atoms with Crippen LogP contribution in [0.4, 0.5) is 4.79 Å². The topological polar surface area (TPSA) is 92.4 Å². The molecule has 6 heteroatoms. The summed E-state index contributed by atoms with van der Waals surface area (Å²) in [4.78, 5) is 20.8. The Morgan fingerprint density at radius 2 is 2.25 bits per heavy atom. The van der Waals surface area contributed by atoms with Crippen molar-refractivity contribution in [1.29, 1.82) is 0 Å². The Bertz CT molecular complexity index is 174. The molecule has 0 fully saturated rings. The molecule has 0 rings (SSSR count). The summed E-state index contributed by atoms with van der Waals surface area (Å²) in [6, 6.07) is -1.67. The molecule has 4 N–H and O–H groups in total. The van der Waals surface area contributed by atoms with E-state index in [1.54, 1.807) is 0 Å². The second kappa shape index (κ2) is 5.70. The van der Waals surface area contributed by atoms with Gasteiger partial charge in [-0.25, -0.2) is 9.59 Å². The molecule has 0 bridgehead atoms. The molecule has 2 amide bonds. The van der Waals surface area contributed by atoms with E-state index in [1.807, 2.05) is 6.26 Å². The van der Waals surface area contributed by atoms with Gasteiger partial charge in [0.2, 0.25) is 0 Å². The van der Waals surface area contributed by atoms with Crippen LogP contribution in [0.15, 0.2) is 0 Å². The van der Waals surface area contributed by atoms with Gasteiger partial charge in [-0.05, 0) is 18.4 Å². The van der Waals surface area contributed by atoms with Crippen LogP contribution in [0.1, 0.15) is 6.42 Å². The first-order valence-corrected chi connectivity index (χ1v) is 4.75. The van der Waals surface area contributed by atoms with E-state index in [2.05, 4.69) is 5.32 Å². The summed E-state index contributed by atoms with van der Waals surface area (Å²) in [6.07, 6.45) is 2.25. The molecule has 1 atom stereocenters. The lowest BCUT2D eigenvalue weighted by Crippen LogP contribution is -2.43. The van der Waals surface area contributed by atoms with Crippen LogP contribution < -0.4 is 11.1 Å². The lowest BCUT2D eigenvalue weighted by Gasteiger charge is -2.11. The zero-order chi connectivity index (χ0) is 9.56. The normalized spacial score (nSPS) is 12.1. The number of carbonyl (C=O) groups excluding carboxylic acids is 1. The highest BCUT2D eigenvalue weighted by Crippen LogP contribution is 2.00. The van der Waals surface area contributed by atoms with Gasteiger partial charge in [0.15, 0.2) is 0 Å². The largest absolute Gasteiger partial charge is 0.480 e. The van der Waals surface area contributed by atoms with Crippen LogP contribution in [0.3, 0.4) is 0 Å². The Kier molecular flexibility index (Phi) is 5.27. The van der Waals surface area contributed by atoms with Crippen molar-refractivity contribution in [3.63, 3.8) is 0 Å². The van der Waals surface area contributed by atoms with E-state index in [0.717, 1.165) is 0 Å². The van der Waals surface area contributed by atoms with Gasteiger partial charge in [0.1, 0.15) is 6.04 Å². The minimum atomic E-state index is -1.05. The molecule has 5 nitrogen and oxygen atoms in total. The van der Waals surface area contributed by atoms with E-state index >= 15 is 0 Å². The van der Waals surface area contributed by atoms with Crippen LogP contribution in [0.5, 0.6) is 0 Å². The van der Waals surface area contributed by atoms with E-state index in [0.29, 0.717) is 12.2 Å². The zero-order valence-corrected chi connectivity index (χ0v) is 7.56. The standard InChI is InChI=1S/C6H12N2O3S/c1-12-3-2-4(5(9)10)8-6(7)11/h4H,2-3H2,1H3,(H,9,10)(H3,7,8,11)/t4-/m0/s1/i6+1. The monoisotopic (exact) mass is 193 g/mol. The maximum absolute atomic E-state index is 10.5. The molecule has 0 aromatic heterocycles. The number of hydrogen-bond acceptors (Lipinski definition) is 3. The van der Waals surface area contributed by atoms with E-state index < -0.39 is 18.0 Å². The van der Waals surface area contributed by atoms with E-state index in [1.165, 1.54) is 11.8 Å². The Hall–Kier alpha value is -0.910. The third kappa shape index (κ3) is 4.84. The van der Waals surface area contributed by atoms with Crippen molar-refractivity contribution < 1.29 is 14.7 Å². The number of carboxylic acids is 1. The number of primary amides is 1. The number of rotatable bonds is 5. The highest BCUT2D eigenvalue weighted by Gasteiger charge is 2.17. The third-order valence-electron chi connectivity index (χ3n) is 1.23. The number of aliphatic carboxylic acids is 1. The van der Waals surface area contributed by atoms with Crippen molar-refractivity contribution in [1.82, 2.24) is 5.32 Å². The minimum absolute atomic E-state index is 0.388. The van der Waals surface area contributed by atoms with E-state index in [4.69, 9.17) is 10.8 Å². The Morgan fingerprint density at radius 3 is 2.58 bits per heavy atom. The van der Waals surface area contributed by atoms with Gasteiger partial charge < -0.3 is 16.2 Å². The molecule has 70 valence electrons. The Balaban J connectivity index is 3.87. The van der Waals surface area contributed by atoms with Crippen LogP contribution in [-0.2, 0) is 4.79 Å². The highest BCUT2D eigenvalue weighted by molar-refractivity contribution is 7.98. The van der Waals surface area contributed by atoms with Crippen molar-refractivity contribution in [3.05, 3.63) is 0 Å². The third-order valence-corrected chi connectivity index (χ3v) is 1.87. The number of carboxylic acid groups (broad SMARTS) is 1. The lowest BCUT2D eigenvalue weighted by molar-refractivity contribution is -0.139. The van der Waals surface area contributed by atoms with Gasteiger partial charge in [-0.3, -0.25) is 0 Å². The quantitative estimate of drug-likeness (QED) is 0.530. The number of hydrogen-bond donors (Lipinski definition) is 3. The smallest absolute Gasteiger partial charge is 0.326 e. The first-order valence-electron chi connectivity index (χ1n) is 3.35.